The van der Waals surface area contributed by atoms with Crippen molar-refractivity contribution in [1.82, 2.24) is 5.09 Å². The Morgan fingerprint density at radius 1 is 1.10 bits per heavy atom. The molecule has 0 aliphatic rings. The number of hydrogen-bond donors (Lipinski definition) is 2. The molecule has 0 saturated carbocycles. The second kappa shape index (κ2) is 10.5. The molecule has 2 aromatic carbocycles. The van der Waals surface area contributed by atoms with Crippen LogP contribution < -0.4 is 5.09 Å². The molecule has 2 rings (SSSR count). The van der Waals surface area contributed by atoms with Gasteiger partial charge in [-0.3, -0.25) is 9.88 Å². The van der Waals surface area contributed by atoms with Crippen molar-refractivity contribution in [2.24, 2.45) is 0 Å². The highest BCUT2D eigenvalue weighted by atomic mass is 31.2. The number of aryl methyl sites for hydroxylation is 2. The number of aromatic hydroxyl groups is 1. The van der Waals surface area contributed by atoms with Gasteiger partial charge in [0.25, 0.3) is 0 Å². The van der Waals surface area contributed by atoms with E-state index in [4.69, 9.17) is 4.74 Å². The van der Waals surface area contributed by atoms with E-state index >= 15 is 0 Å². The van der Waals surface area contributed by atoms with E-state index in [-0.39, 0.29) is 11.9 Å². The summed E-state index contributed by atoms with van der Waals surface area (Å²) in [7, 11) is -2.77. The Balaban J connectivity index is 2.19. The topological polar surface area (TPSA) is 75.6 Å². The summed E-state index contributed by atoms with van der Waals surface area (Å²) in [6, 6.07) is 9.37. The monoisotopic (exact) mass is 445 g/mol. The normalized spacial score (nSPS) is 14.3. The molecule has 0 saturated heterocycles. The van der Waals surface area contributed by atoms with Gasteiger partial charge in [0.1, 0.15) is 19.1 Å². The number of hydrogen-bond acceptors (Lipinski definition) is 4. The summed E-state index contributed by atoms with van der Waals surface area (Å²) in [5.74, 6) is 0.209. The fourth-order valence-corrected chi connectivity index (χ4v) is 5.85. The van der Waals surface area contributed by atoms with Gasteiger partial charge < -0.3 is 14.4 Å². The molecular weight excluding hydrogens is 409 g/mol. The number of benzene rings is 2. The van der Waals surface area contributed by atoms with E-state index in [1.54, 1.807) is 26.6 Å². The number of carbonyl (C=O) groups is 1. The van der Waals surface area contributed by atoms with Crippen molar-refractivity contribution in [2.45, 2.75) is 66.1 Å². The Morgan fingerprint density at radius 3 is 2.26 bits per heavy atom. The maximum Gasteiger partial charge on any atom is 0.323 e. The van der Waals surface area contributed by atoms with Crippen LogP contribution >= 0.6 is 7.29 Å². The minimum absolute atomic E-state index is 0.257. The molecular formula is C25H36NO4P. The lowest BCUT2D eigenvalue weighted by atomic mass is 9.92. The molecule has 5 nitrogen and oxygen atoms in total. The summed E-state index contributed by atoms with van der Waals surface area (Å²) in [4.78, 5) is 11.9. The summed E-state index contributed by atoms with van der Waals surface area (Å²) in [6.45, 7) is 13.7. The first-order valence-electron chi connectivity index (χ1n) is 10.8. The molecule has 0 fully saturated rings. The van der Waals surface area contributed by atoms with Gasteiger partial charge in [-0.05, 0) is 79.5 Å². The van der Waals surface area contributed by atoms with Crippen LogP contribution in [0.3, 0.4) is 0 Å². The number of nitrogens with one attached hydrogen (secondary N) is 1. The van der Waals surface area contributed by atoms with Crippen molar-refractivity contribution < 1.29 is 19.2 Å². The summed E-state index contributed by atoms with van der Waals surface area (Å²) in [6.07, 6.45) is 1.15. The third-order valence-electron chi connectivity index (χ3n) is 5.44. The van der Waals surface area contributed by atoms with Crippen molar-refractivity contribution in [2.75, 3.05) is 13.3 Å². The molecule has 2 aromatic rings. The van der Waals surface area contributed by atoms with Crippen molar-refractivity contribution >= 4 is 13.3 Å². The maximum absolute atomic E-state index is 13.1. The zero-order valence-corrected chi connectivity index (χ0v) is 20.7. The molecule has 0 aliphatic carbocycles. The second-order valence-corrected chi connectivity index (χ2v) is 11.6. The Kier molecular flexibility index (Phi) is 8.50. The van der Waals surface area contributed by atoms with Crippen LogP contribution in [0.5, 0.6) is 5.75 Å². The van der Waals surface area contributed by atoms with Crippen molar-refractivity contribution in [3.63, 3.8) is 0 Å². The summed E-state index contributed by atoms with van der Waals surface area (Å²) in [5, 5.41) is 13.1. The van der Waals surface area contributed by atoms with Crippen LogP contribution in [0.25, 0.3) is 0 Å². The molecule has 2 atom stereocenters. The van der Waals surface area contributed by atoms with Crippen LogP contribution in [0.4, 0.5) is 0 Å². The SMILES string of the molecule is CCOC(=O)[C@H](C)NP(C)(=O)Cc1cc(C)c(Cc2ccc(O)c(C(C)C)c2)c(C)c1. The largest absolute Gasteiger partial charge is 0.508 e. The van der Waals surface area contributed by atoms with Gasteiger partial charge in [-0.2, -0.15) is 0 Å². The van der Waals surface area contributed by atoms with Gasteiger partial charge in [-0.25, -0.2) is 0 Å². The first kappa shape index (κ1) is 25.2. The molecule has 2 N–H and O–H groups in total. The third kappa shape index (κ3) is 6.95. The van der Waals surface area contributed by atoms with Gasteiger partial charge in [0.05, 0.1) is 6.61 Å². The predicted octanol–water partition coefficient (Wildman–Crippen LogP) is 5.67. The molecule has 0 spiro atoms. The molecule has 31 heavy (non-hydrogen) atoms. The van der Waals surface area contributed by atoms with Crippen LogP contribution in [-0.2, 0) is 26.7 Å². The number of ether oxygens (including phenoxy) is 1. The number of carbonyl (C=O) groups excluding carboxylic acids is 1. The maximum atomic E-state index is 13.1. The fourth-order valence-electron chi connectivity index (χ4n) is 3.96. The van der Waals surface area contributed by atoms with Gasteiger partial charge in [-0.1, -0.05) is 38.1 Å². The molecule has 0 bridgehead atoms. The van der Waals surface area contributed by atoms with E-state index in [1.165, 1.54) is 5.56 Å². The zero-order valence-electron chi connectivity index (χ0n) is 19.8. The molecule has 0 aliphatic heterocycles. The van der Waals surface area contributed by atoms with E-state index in [1.807, 2.05) is 6.07 Å². The number of esters is 1. The predicted molar refractivity (Wildman–Crippen MR) is 127 cm³/mol. The van der Waals surface area contributed by atoms with Gasteiger partial charge in [0.2, 0.25) is 0 Å². The highest BCUT2D eigenvalue weighted by Crippen LogP contribution is 2.42. The van der Waals surface area contributed by atoms with Crippen LogP contribution in [0.2, 0.25) is 0 Å². The quantitative estimate of drug-likeness (QED) is 0.384. The Morgan fingerprint density at radius 2 is 1.71 bits per heavy atom. The second-order valence-electron chi connectivity index (χ2n) is 8.79. The van der Waals surface area contributed by atoms with Gasteiger partial charge in [0, 0.05) is 12.8 Å². The van der Waals surface area contributed by atoms with Crippen molar-refractivity contribution in [3.8, 4) is 5.75 Å². The highest BCUT2D eigenvalue weighted by Gasteiger charge is 2.24. The van der Waals surface area contributed by atoms with Crippen LogP contribution in [0.1, 0.15) is 67.0 Å². The van der Waals surface area contributed by atoms with Crippen molar-refractivity contribution in [3.05, 3.63) is 63.7 Å². The minimum Gasteiger partial charge on any atom is -0.508 e. The minimum atomic E-state index is -2.77. The lowest BCUT2D eigenvalue weighted by molar-refractivity contribution is -0.144. The Bertz CT molecular complexity index is 960. The van der Waals surface area contributed by atoms with Crippen LogP contribution in [-0.4, -0.2) is 30.4 Å². The molecule has 0 aromatic heterocycles. The standard InChI is InChI=1S/C25H36NO4P/c1-8-30-25(28)19(6)26-31(7,29)15-21-11-17(4)23(18(5)12-21)14-20-9-10-24(27)22(13-20)16(2)3/h9-13,16,19,27H,8,14-15H2,1-7H3,(H,26,29)/t19-,31?/m0/s1. The van der Waals surface area contributed by atoms with Gasteiger partial charge in [0.15, 0.2) is 0 Å². The summed E-state index contributed by atoms with van der Waals surface area (Å²) < 4.78 is 18.1. The zero-order chi connectivity index (χ0) is 23.3. The highest BCUT2D eigenvalue weighted by molar-refractivity contribution is 7.60. The van der Waals surface area contributed by atoms with Gasteiger partial charge >= 0.3 is 5.97 Å². The Hall–Kier alpha value is -2.10. The van der Waals surface area contributed by atoms with E-state index in [9.17, 15) is 14.5 Å². The third-order valence-corrected chi connectivity index (χ3v) is 7.34. The summed E-state index contributed by atoms with van der Waals surface area (Å²) >= 11 is 0. The van der Waals surface area contributed by atoms with E-state index in [0.29, 0.717) is 18.5 Å². The number of rotatable bonds is 9. The molecule has 1 unspecified atom stereocenters. The molecule has 0 radical (unpaired) electrons. The first-order valence-corrected chi connectivity index (χ1v) is 13.2. The van der Waals surface area contributed by atoms with Gasteiger partial charge in [-0.15, -0.1) is 0 Å². The average Bonchev–Trinajstić information content (AvgIpc) is 2.65. The molecule has 0 heterocycles. The smallest absolute Gasteiger partial charge is 0.323 e. The van der Waals surface area contributed by atoms with E-state index < -0.39 is 13.3 Å². The molecule has 0 amide bonds. The lowest BCUT2D eigenvalue weighted by Gasteiger charge is -2.21. The lowest BCUT2D eigenvalue weighted by Crippen LogP contribution is -2.33. The Labute approximate surface area is 186 Å². The van der Waals surface area contributed by atoms with E-state index in [0.717, 1.165) is 34.2 Å². The first-order chi connectivity index (χ1) is 14.4. The van der Waals surface area contributed by atoms with E-state index in [2.05, 4.69) is 51.0 Å². The van der Waals surface area contributed by atoms with Crippen molar-refractivity contribution in [1.29, 1.82) is 0 Å². The molecule has 6 heteroatoms. The van der Waals surface area contributed by atoms with Crippen LogP contribution in [0, 0.1) is 13.8 Å². The van der Waals surface area contributed by atoms with Crippen LogP contribution in [0.15, 0.2) is 30.3 Å². The number of phenols is 1. The molecule has 170 valence electrons. The number of phenolic OH excluding ortho intramolecular Hbond substituents is 1. The summed E-state index contributed by atoms with van der Waals surface area (Å²) in [5.41, 5.74) is 6.63. The average molecular weight is 446 g/mol. The fraction of sp³-hybridized carbons (Fsp3) is 0.480.